The van der Waals surface area contributed by atoms with Crippen LogP contribution in [0.25, 0.3) is 21.8 Å². The van der Waals surface area contributed by atoms with E-state index >= 15 is 0 Å². The first-order valence-electron chi connectivity index (χ1n) is 17.0. The van der Waals surface area contributed by atoms with Gasteiger partial charge < -0.3 is 19.6 Å². The zero-order valence-corrected chi connectivity index (χ0v) is 34.7. The van der Waals surface area contributed by atoms with Crippen LogP contribution in [-0.4, -0.2) is 64.2 Å². The Morgan fingerprint density at radius 1 is 0.827 bits per heavy atom. The number of benzene rings is 2. The van der Waals surface area contributed by atoms with Crippen LogP contribution in [0.4, 0.5) is 20.2 Å². The average molecular weight is 959 g/mol. The second kappa shape index (κ2) is 15.4. The Labute approximate surface area is 334 Å². The highest BCUT2D eigenvalue weighted by atomic mass is 127. The smallest absolute Gasteiger partial charge is 0.237 e. The molecule has 0 atom stereocenters. The largest absolute Gasteiger partial charge is 0.396 e. The first kappa shape index (κ1) is 40.8. The van der Waals surface area contributed by atoms with Gasteiger partial charge in [-0.15, -0.1) is 0 Å². The number of halogens is 5. The number of alkyl halides is 1. The number of rotatable bonds is 4. The molecule has 2 aromatic heterocycles. The predicted molar refractivity (Wildman–Crippen MR) is 218 cm³/mol. The molecule has 2 amide bonds. The van der Waals surface area contributed by atoms with Crippen LogP contribution in [0.15, 0.2) is 45.6 Å². The number of aliphatic hydroxyl groups is 1. The number of carbonyl (C=O) groups is 2. The number of pyridine rings is 2. The van der Waals surface area contributed by atoms with Gasteiger partial charge in [-0.25, -0.2) is 8.78 Å². The second-order valence-corrected chi connectivity index (χ2v) is 18.8. The van der Waals surface area contributed by atoms with Crippen molar-refractivity contribution in [2.45, 2.75) is 81.7 Å². The summed E-state index contributed by atoms with van der Waals surface area (Å²) in [4.78, 5) is 37.8. The molecule has 2 fully saturated rings. The highest BCUT2D eigenvalue weighted by molar-refractivity contribution is 14.1. The molecule has 4 aromatic rings. The maximum Gasteiger partial charge on any atom is 0.237 e. The summed E-state index contributed by atoms with van der Waals surface area (Å²) in [7, 11) is 3.54. The second-order valence-electron chi connectivity index (χ2n) is 14.6. The summed E-state index contributed by atoms with van der Waals surface area (Å²) in [5.41, 5.74) is 3.57. The van der Waals surface area contributed by atoms with Crippen molar-refractivity contribution >= 4 is 99.4 Å². The third kappa shape index (κ3) is 6.90. The van der Waals surface area contributed by atoms with Gasteiger partial charge in [0.15, 0.2) is 0 Å². The first-order valence-corrected chi connectivity index (χ1v) is 19.9. The fourth-order valence-corrected chi connectivity index (χ4v) is 8.81. The molecule has 0 bridgehead atoms. The summed E-state index contributed by atoms with van der Waals surface area (Å²) in [6.07, 6.45) is 6.32. The zero-order chi connectivity index (χ0) is 37.2. The summed E-state index contributed by atoms with van der Waals surface area (Å²) < 4.78 is 35.0. The van der Waals surface area contributed by atoms with Crippen molar-refractivity contribution < 1.29 is 28.2 Å². The number of ether oxygens (including phenoxy) is 1. The van der Waals surface area contributed by atoms with Crippen LogP contribution in [0.2, 0.25) is 0 Å². The van der Waals surface area contributed by atoms with Gasteiger partial charge in [-0.1, -0.05) is 43.9 Å². The Bertz CT molecular complexity index is 2030. The van der Waals surface area contributed by atoms with Crippen molar-refractivity contribution in [3.63, 3.8) is 0 Å². The van der Waals surface area contributed by atoms with Gasteiger partial charge in [0.1, 0.15) is 11.6 Å². The van der Waals surface area contributed by atoms with Crippen molar-refractivity contribution in [3.8, 4) is 0 Å². The number of aliphatic hydroxyl groups excluding tert-OH is 1. The number of amides is 2. The fourth-order valence-electron chi connectivity index (χ4n) is 8.13. The highest BCUT2D eigenvalue weighted by Crippen LogP contribution is 2.58. The van der Waals surface area contributed by atoms with Gasteiger partial charge in [0.05, 0.1) is 60.7 Å². The molecule has 4 aliphatic rings. The summed E-state index contributed by atoms with van der Waals surface area (Å²) in [5.74, 6) is -0.0368. The van der Waals surface area contributed by atoms with E-state index in [-0.39, 0.29) is 49.5 Å². The molecule has 2 aliphatic carbocycles. The van der Waals surface area contributed by atoms with Gasteiger partial charge in [0, 0.05) is 65.3 Å². The molecule has 8 rings (SSSR count). The Morgan fingerprint density at radius 3 is 1.58 bits per heavy atom. The van der Waals surface area contributed by atoms with Crippen LogP contribution in [-0.2, 0) is 25.2 Å². The standard InChI is InChI=1S/C19H20BrFN2O2.C16H14BrFN2O2.C3H7I.CH4/c1-10(2)25-9-11-6-19(7-11)17-12-4-13(20)14(21)5-15(12)22-8-16(17)23(3)18(19)24;1-20-13-6-19-12-3-11(18)10(17)2-9(12)14(13)16(15(20)22)4-8(5-16)7-21;1-3(2)4;/h4-5,8,10-11H,6-7,9H2,1-3H3;2-3,6,8,21H,4-5,7H2,1H3;3H,1-2H3;1H4. The normalized spacial score (nSPS) is 24.0. The van der Waals surface area contributed by atoms with Crippen LogP contribution in [0.3, 0.4) is 0 Å². The quantitative estimate of drug-likeness (QED) is 0.162. The minimum absolute atomic E-state index is 0. The van der Waals surface area contributed by atoms with Gasteiger partial charge in [0.2, 0.25) is 11.8 Å². The molecule has 8 nitrogen and oxygen atoms in total. The number of hydrogen-bond donors (Lipinski definition) is 1. The molecule has 2 saturated carbocycles. The van der Waals surface area contributed by atoms with E-state index in [2.05, 4.69) is 78.3 Å². The third-order valence-electron chi connectivity index (χ3n) is 10.4. The molecule has 2 aromatic carbocycles. The Balaban J connectivity index is 0.000000180. The zero-order valence-electron chi connectivity index (χ0n) is 29.4. The number of anilines is 2. The Kier molecular flexibility index (Phi) is 12.1. The molecule has 2 spiro atoms. The van der Waals surface area contributed by atoms with E-state index < -0.39 is 10.8 Å². The minimum Gasteiger partial charge on any atom is -0.396 e. The van der Waals surface area contributed by atoms with Gasteiger partial charge >= 0.3 is 0 Å². The molecule has 4 heterocycles. The highest BCUT2D eigenvalue weighted by Gasteiger charge is 2.59. The summed E-state index contributed by atoms with van der Waals surface area (Å²) in [6.45, 7) is 9.11. The Morgan fingerprint density at radius 2 is 1.21 bits per heavy atom. The van der Waals surface area contributed by atoms with E-state index in [1.807, 2.05) is 13.8 Å². The summed E-state index contributed by atoms with van der Waals surface area (Å²) in [5, 5.41) is 11.0. The molecular formula is C39H45Br2F2IN4O4. The number of hydrogen-bond acceptors (Lipinski definition) is 6. The summed E-state index contributed by atoms with van der Waals surface area (Å²) in [6, 6.07) is 6.27. The van der Waals surface area contributed by atoms with E-state index in [9.17, 15) is 23.5 Å². The van der Waals surface area contributed by atoms with Crippen LogP contribution < -0.4 is 9.80 Å². The monoisotopic (exact) mass is 956 g/mol. The molecule has 0 saturated heterocycles. The topological polar surface area (TPSA) is 95.9 Å². The molecular weight excluding hydrogens is 913 g/mol. The fraction of sp³-hybridized carbons (Fsp3) is 0.487. The number of aromatic nitrogens is 2. The average Bonchev–Trinajstić information content (AvgIpc) is 3.40. The van der Waals surface area contributed by atoms with Crippen molar-refractivity contribution in [2.24, 2.45) is 11.8 Å². The lowest BCUT2D eigenvalue weighted by atomic mass is 9.59. The molecule has 0 radical (unpaired) electrons. The van der Waals surface area contributed by atoms with Crippen molar-refractivity contribution in [3.05, 3.63) is 68.4 Å². The maximum absolute atomic E-state index is 13.9. The van der Waals surface area contributed by atoms with Gasteiger partial charge in [-0.2, -0.15) is 0 Å². The third-order valence-corrected chi connectivity index (χ3v) is 11.6. The maximum atomic E-state index is 13.9. The van der Waals surface area contributed by atoms with Gasteiger partial charge in [0.25, 0.3) is 0 Å². The van der Waals surface area contributed by atoms with E-state index in [1.165, 1.54) is 12.1 Å². The molecule has 52 heavy (non-hydrogen) atoms. The van der Waals surface area contributed by atoms with E-state index in [4.69, 9.17) is 4.74 Å². The van der Waals surface area contributed by atoms with Crippen LogP contribution >= 0.6 is 54.5 Å². The van der Waals surface area contributed by atoms with Crippen molar-refractivity contribution in [2.75, 3.05) is 37.1 Å². The van der Waals surface area contributed by atoms with Crippen molar-refractivity contribution in [1.82, 2.24) is 9.97 Å². The van der Waals surface area contributed by atoms with E-state index in [0.29, 0.717) is 45.3 Å². The van der Waals surface area contributed by atoms with Gasteiger partial charge in [-0.3, -0.25) is 19.6 Å². The lowest BCUT2D eigenvalue weighted by Crippen LogP contribution is -2.50. The number of likely N-dealkylation sites (N-methyl/N-ethyl adjacent to an activating group) is 2. The lowest BCUT2D eigenvalue weighted by Gasteiger charge is -2.44. The van der Waals surface area contributed by atoms with E-state index in [0.717, 1.165) is 50.0 Å². The Hall–Kier alpha value is -2.33. The number of carbonyl (C=O) groups excluding carboxylic acids is 2. The van der Waals surface area contributed by atoms with Gasteiger partial charge in [-0.05, 0) is 95.4 Å². The molecule has 1 N–H and O–H groups in total. The van der Waals surface area contributed by atoms with Crippen LogP contribution in [0, 0.1) is 23.5 Å². The SMILES string of the molecule is C.CC(C)I.CC(C)OCC1CC2(C1)C(=O)N(C)c1cnc3cc(F)c(Br)cc3c12.CN1C(=O)C2(CC(CO)C2)c2c1cnc1cc(F)c(Br)cc21. The minimum atomic E-state index is -0.587. The molecule has 0 unspecified atom stereocenters. The summed E-state index contributed by atoms with van der Waals surface area (Å²) >= 11 is 8.82. The molecule has 2 aliphatic heterocycles. The van der Waals surface area contributed by atoms with Crippen molar-refractivity contribution in [1.29, 1.82) is 0 Å². The van der Waals surface area contributed by atoms with Crippen LogP contribution in [0.5, 0.6) is 0 Å². The predicted octanol–water partition coefficient (Wildman–Crippen LogP) is 9.40. The van der Waals surface area contributed by atoms with Crippen LogP contribution in [0.1, 0.15) is 71.9 Å². The molecule has 280 valence electrons. The number of nitrogens with zero attached hydrogens (tertiary/aromatic N) is 4. The number of fused-ring (bicyclic) bond motifs is 8. The lowest BCUT2D eigenvalue weighted by molar-refractivity contribution is -0.129. The first-order chi connectivity index (χ1) is 24.0. The molecule has 13 heteroatoms. The van der Waals surface area contributed by atoms with E-state index in [1.54, 1.807) is 48.4 Å².